The maximum absolute atomic E-state index is 12.5. The van der Waals surface area contributed by atoms with Crippen molar-refractivity contribution in [1.82, 2.24) is 10.6 Å². The number of nitrogens with one attached hydrogen (secondary N) is 2. The molecule has 0 saturated heterocycles. The summed E-state index contributed by atoms with van der Waals surface area (Å²) in [5, 5.41) is 5.35. The summed E-state index contributed by atoms with van der Waals surface area (Å²) in [4.78, 5) is 48.5. The number of hydrogen-bond acceptors (Lipinski definition) is 8. The van der Waals surface area contributed by atoms with E-state index in [1.165, 1.54) is 0 Å². The fraction of sp³-hybridized carbons (Fsp3) is 0.857. The first-order chi connectivity index (χ1) is 17.0. The van der Waals surface area contributed by atoms with Crippen LogP contribution in [-0.4, -0.2) is 67.0 Å². The van der Waals surface area contributed by atoms with Gasteiger partial charge < -0.3 is 29.6 Å². The van der Waals surface area contributed by atoms with Crippen LogP contribution in [0, 0.1) is 17.3 Å². The average molecular weight is 545 g/mol. The molecule has 38 heavy (non-hydrogen) atoms. The molecule has 0 aliphatic carbocycles. The van der Waals surface area contributed by atoms with Gasteiger partial charge in [-0.3, -0.25) is 14.4 Å². The molecule has 10 nitrogen and oxygen atoms in total. The van der Waals surface area contributed by atoms with Gasteiger partial charge in [-0.25, -0.2) is 4.79 Å². The zero-order valence-electron chi connectivity index (χ0n) is 25.7. The molecule has 0 radical (unpaired) electrons. The predicted molar refractivity (Wildman–Crippen MR) is 145 cm³/mol. The van der Waals surface area contributed by atoms with Crippen molar-refractivity contribution in [3.05, 3.63) is 0 Å². The van der Waals surface area contributed by atoms with Crippen molar-refractivity contribution in [3.63, 3.8) is 0 Å². The first kappa shape index (κ1) is 35.6. The molecule has 10 heteroatoms. The SMILES string of the molecule is CC(CNC(=O)OC(C)(C)C)C(=O)OCCC(C)(C)OCCC(C)(C)OC(=O)C(C)CNC(=O)C(C)(C)C. The number of hydrogen-bond donors (Lipinski definition) is 2. The van der Waals surface area contributed by atoms with Crippen LogP contribution in [0.2, 0.25) is 0 Å². The second kappa shape index (κ2) is 14.7. The second-order valence-electron chi connectivity index (χ2n) is 13.1. The number of amides is 2. The van der Waals surface area contributed by atoms with Crippen molar-refractivity contribution < 1.29 is 38.1 Å². The Morgan fingerprint density at radius 1 is 0.658 bits per heavy atom. The first-order valence-corrected chi connectivity index (χ1v) is 13.3. The molecule has 222 valence electrons. The minimum Gasteiger partial charge on any atom is -0.465 e. The highest BCUT2D eigenvalue weighted by Gasteiger charge is 2.29. The molecule has 0 saturated carbocycles. The molecule has 0 aromatic heterocycles. The smallest absolute Gasteiger partial charge is 0.407 e. The Morgan fingerprint density at radius 3 is 1.68 bits per heavy atom. The highest BCUT2D eigenvalue weighted by molar-refractivity contribution is 5.82. The highest BCUT2D eigenvalue weighted by atomic mass is 16.6. The summed E-state index contributed by atoms with van der Waals surface area (Å²) in [6.45, 7) is 22.4. The molecule has 2 unspecified atom stereocenters. The quantitative estimate of drug-likeness (QED) is 0.243. The topological polar surface area (TPSA) is 129 Å². The fourth-order valence-electron chi connectivity index (χ4n) is 2.84. The number of alkyl carbamates (subject to hydrolysis) is 1. The van der Waals surface area contributed by atoms with E-state index in [9.17, 15) is 19.2 Å². The molecule has 0 bridgehead atoms. The van der Waals surface area contributed by atoms with Crippen LogP contribution < -0.4 is 10.6 Å². The van der Waals surface area contributed by atoms with Gasteiger partial charge in [0.05, 0.1) is 30.7 Å². The normalized spacial score (nSPS) is 14.2. The van der Waals surface area contributed by atoms with Crippen LogP contribution >= 0.6 is 0 Å². The molecule has 0 aliphatic rings. The summed E-state index contributed by atoms with van der Waals surface area (Å²) in [7, 11) is 0. The van der Waals surface area contributed by atoms with E-state index in [2.05, 4.69) is 10.6 Å². The van der Waals surface area contributed by atoms with Crippen LogP contribution in [-0.2, 0) is 33.3 Å². The Balaban J connectivity index is 4.39. The predicted octanol–water partition coefficient (Wildman–Crippen LogP) is 4.39. The van der Waals surface area contributed by atoms with Gasteiger partial charge >= 0.3 is 18.0 Å². The average Bonchev–Trinajstić information content (AvgIpc) is 2.72. The van der Waals surface area contributed by atoms with Gasteiger partial charge in [0.2, 0.25) is 5.91 Å². The van der Waals surface area contributed by atoms with E-state index < -0.39 is 46.1 Å². The lowest BCUT2D eigenvalue weighted by Crippen LogP contribution is -2.41. The number of ether oxygens (including phenoxy) is 4. The lowest BCUT2D eigenvalue weighted by molar-refractivity contribution is -0.163. The molecule has 0 rings (SSSR count). The second-order valence-corrected chi connectivity index (χ2v) is 13.1. The van der Waals surface area contributed by atoms with Gasteiger partial charge in [0.1, 0.15) is 11.2 Å². The zero-order chi connectivity index (χ0) is 29.9. The van der Waals surface area contributed by atoms with Gasteiger partial charge in [0.15, 0.2) is 0 Å². The zero-order valence-corrected chi connectivity index (χ0v) is 25.7. The van der Waals surface area contributed by atoms with Crippen LogP contribution in [0.15, 0.2) is 0 Å². The third kappa shape index (κ3) is 16.5. The molecule has 2 N–H and O–H groups in total. The van der Waals surface area contributed by atoms with Gasteiger partial charge in [-0.05, 0) is 48.5 Å². The minimum absolute atomic E-state index is 0.114. The van der Waals surface area contributed by atoms with E-state index in [-0.39, 0.29) is 31.6 Å². The Bertz CT molecular complexity index is 794. The summed E-state index contributed by atoms with van der Waals surface area (Å²) in [5.74, 6) is -1.92. The molecule has 0 heterocycles. The molecule has 0 aromatic rings. The molecule has 2 atom stereocenters. The largest absolute Gasteiger partial charge is 0.465 e. The van der Waals surface area contributed by atoms with Crippen molar-refractivity contribution in [2.45, 2.75) is 113 Å². The third-order valence-electron chi connectivity index (χ3n) is 5.53. The van der Waals surface area contributed by atoms with Crippen molar-refractivity contribution in [2.24, 2.45) is 17.3 Å². The molecule has 0 aromatic carbocycles. The van der Waals surface area contributed by atoms with Crippen molar-refractivity contribution in [2.75, 3.05) is 26.3 Å². The molecule has 0 spiro atoms. The van der Waals surface area contributed by atoms with E-state index in [1.54, 1.807) is 34.6 Å². The Kier molecular flexibility index (Phi) is 13.8. The van der Waals surface area contributed by atoms with E-state index >= 15 is 0 Å². The van der Waals surface area contributed by atoms with Crippen molar-refractivity contribution in [3.8, 4) is 0 Å². The van der Waals surface area contributed by atoms with Crippen molar-refractivity contribution >= 4 is 23.9 Å². The maximum Gasteiger partial charge on any atom is 0.407 e. The summed E-state index contributed by atoms with van der Waals surface area (Å²) >= 11 is 0. The minimum atomic E-state index is -0.751. The van der Waals surface area contributed by atoms with E-state index in [0.717, 1.165) is 0 Å². The van der Waals surface area contributed by atoms with Gasteiger partial charge in [-0.2, -0.15) is 0 Å². The first-order valence-electron chi connectivity index (χ1n) is 13.3. The monoisotopic (exact) mass is 544 g/mol. The number of carbonyl (C=O) groups excluding carboxylic acids is 4. The fourth-order valence-corrected chi connectivity index (χ4v) is 2.84. The van der Waals surface area contributed by atoms with Gasteiger partial charge in [0.25, 0.3) is 0 Å². The van der Waals surface area contributed by atoms with E-state index in [4.69, 9.17) is 18.9 Å². The summed E-state index contributed by atoms with van der Waals surface area (Å²) in [5.41, 5.74) is -2.45. The molecular formula is C28H52N2O8. The summed E-state index contributed by atoms with van der Waals surface area (Å²) in [6, 6.07) is 0. The maximum atomic E-state index is 12.5. The summed E-state index contributed by atoms with van der Waals surface area (Å²) in [6.07, 6.45) is 0.355. The molecule has 0 aliphatic heterocycles. The summed E-state index contributed by atoms with van der Waals surface area (Å²) < 4.78 is 22.1. The van der Waals surface area contributed by atoms with Crippen LogP contribution in [0.1, 0.15) is 95.9 Å². The lowest BCUT2D eigenvalue weighted by atomic mass is 9.95. The Morgan fingerprint density at radius 2 is 1.16 bits per heavy atom. The standard InChI is InChI=1S/C28H52N2O8/c1-19(18-30-24(34)38-26(6,7)8)21(31)35-15-13-27(9,10)36-16-14-28(11,12)37-22(32)20(2)17-29-23(33)25(3,4)5/h19-20H,13-18H2,1-12H3,(H,29,33)(H,30,34). The van der Waals surface area contributed by atoms with Gasteiger partial charge in [-0.15, -0.1) is 0 Å². The van der Waals surface area contributed by atoms with Gasteiger partial charge in [-0.1, -0.05) is 34.6 Å². The highest BCUT2D eigenvalue weighted by Crippen LogP contribution is 2.21. The lowest BCUT2D eigenvalue weighted by Gasteiger charge is -2.30. The van der Waals surface area contributed by atoms with Crippen LogP contribution in [0.3, 0.4) is 0 Å². The Labute approximate surface area is 229 Å². The van der Waals surface area contributed by atoms with Crippen LogP contribution in [0.5, 0.6) is 0 Å². The van der Waals surface area contributed by atoms with Crippen LogP contribution in [0.25, 0.3) is 0 Å². The molecule has 0 fully saturated rings. The Hall–Kier alpha value is -2.36. The number of rotatable bonds is 14. The number of esters is 2. The van der Waals surface area contributed by atoms with Crippen molar-refractivity contribution in [1.29, 1.82) is 0 Å². The van der Waals surface area contributed by atoms with E-state index in [1.807, 2.05) is 48.5 Å². The molecular weight excluding hydrogens is 492 g/mol. The molecule has 2 amide bonds. The van der Waals surface area contributed by atoms with Gasteiger partial charge in [0, 0.05) is 31.3 Å². The number of carbonyl (C=O) groups is 4. The van der Waals surface area contributed by atoms with E-state index in [0.29, 0.717) is 19.4 Å². The third-order valence-corrected chi connectivity index (χ3v) is 5.53. The van der Waals surface area contributed by atoms with Crippen LogP contribution in [0.4, 0.5) is 4.79 Å².